The molecule has 0 spiro atoms. The van der Waals surface area contributed by atoms with E-state index in [1.165, 1.54) is 0 Å². The fraction of sp³-hybridized carbons (Fsp3) is 0.538. The lowest BCUT2D eigenvalue weighted by atomic mass is 10.1. The molecule has 1 aromatic rings. The van der Waals surface area contributed by atoms with Gasteiger partial charge in [0.05, 0.1) is 6.61 Å². The Morgan fingerprint density at radius 1 is 1.25 bits per heavy atom. The number of ether oxygens (including phenoxy) is 1. The zero-order chi connectivity index (χ0) is 11.9. The largest absolute Gasteiger partial charge is 0.494 e. The van der Waals surface area contributed by atoms with Crippen molar-refractivity contribution in [3.8, 4) is 5.75 Å². The predicted octanol–water partition coefficient (Wildman–Crippen LogP) is 3.06. The zero-order valence-electron chi connectivity index (χ0n) is 10.0. The van der Waals surface area contributed by atoms with Crippen molar-refractivity contribution in [3.05, 3.63) is 30.3 Å². The lowest BCUT2D eigenvalue weighted by Gasteiger charge is -2.23. The van der Waals surface area contributed by atoms with Crippen LogP contribution in [0.15, 0.2) is 30.3 Å². The third-order valence-electron chi connectivity index (χ3n) is 2.27. The second-order valence-electron chi connectivity index (χ2n) is 4.46. The molecule has 0 aliphatic carbocycles. The fourth-order valence-electron chi connectivity index (χ4n) is 1.25. The van der Waals surface area contributed by atoms with Crippen LogP contribution in [0, 0.1) is 0 Å². The van der Waals surface area contributed by atoms with Crippen LogP contribution in [0.4, 0.5) is 0 Å². The molecule has 0 aromatic heterocycles. The molecule has 90 valence electrons. The lowest BCUT2D eigenvalue weighted by molar-refractivity contribution is 0.298. The highest BCUT2D eigenvalue weighted by molar-refractivity contribution is 6.18. The minimum absolute atomic E-state index is 0.00824. The van der Waals surface area contributed by atoms with Crippen LogP contribution in [-0.2, 0) is 0 Å². The van der Waals surface area contributed by atoms with Crippen molar-refractivity contribution in [1.29, 1.82) is 0 Å². The second kappa shape index (κ2) is 6.77. The van der Waals surface area contributed by atoms with Crippen LogP contribution in [-0.4, -0.2) is 24.6 Å². The Morgan fingerprint density at radius 3 is 2.56 bits per heavy atom. The van der Waals surface area contributed by atoms with E-state index >= 15 is 0 Å². The third kappa shape index (κ3) is 5.38. The van der Waals surface area contributed by atoms with Crippen molar-refractivity contribution in [1.82, 2.24) is 5.32 Å². The van der Waals surface area contributed by atoms with Crippen LogP contribution in [0.3, 0.4) is 0 Å². The third-order valence-corrected chi connectivity index (χ3v) is 2.94. The maximum Gasteiger partial charge on any atom is 0.119 e. The summed E-state index contributed by atoms with van der Waals surface area (Å²) in [5.41, 5.74) is 0.00824. The van der Waals surface area contributed by atoms with Crippen molar-refractivity contribution < 1.29 is 4.74 Å². The molecule has 2 nitrogen and oxygen atoms in total. The van der Waals surface area contributed by atoms with Crippen LogP contribution in [0.25, 0.3) is 0 Å². The molecule has 1 rings (SSSR count). The van der Waals surface area contributed by atoms with Gasteiger partial charge in [0.1, 0.15) is 5.75 Å². The molecule has 0 aliphatic heterocycles. The van der Waals surface area contributed by atoms with Gasteiger partial charge in [0, 0.05) is 11.4 Å². The van der Waals surface area contributed by atoms with E-state index in [2.05, 4.69) is 19.2 Å². The van der Waals surface area contributed by atoms with E-state index in [1.54, 1.807) is 0 Å². The summed E-state index contributed by atoms with van der Waals surface area (Å²) >= 11 is 5.81. The molecule has 0 heterocycles. The van der Waals surface area contributed by atoms with Crippen LogP contribution in [0.2, 0.25) is 0 Å². The Balaban J connectivity index is 2.09. The van der Waals surface area contributed by atoms with Crippen LogP contribution >= 0.6 is 11.6 Å². The molecule has 3 heteroatoms. The Hall–Kier alpha value is -0.730. The van der Waals surface area contributed by atoms with E-state index in [0.29, 0.717) is 5.88 Å². The molecule has 0 atom stereocenters. The molecule has 0 bridgehead atoms. The van der Waals surface area contributed by atoms with Crippen molar-refractivity contribution in [2.45, 2.75) is 25.8 Å². The van der Waals surface area contributed by atoms with Crippen molar-refractivity contribution in [2.24, 2.45) is 0 Å². The highest BCUT2D eigenvalue weighted by atomic mass is 35.5. The van der Waals surface area contributed by atoms with Crippen LogP contribution in [0.1, 0.15) is 20.3 Å². The van der Waals surface area contributed by atoms with Gasteiger partial charge in [-0.1, -0.05) is 18.2 Å². The minimum Gasteiger partial charge on any atom is -0.494 e. The van der Waals surface area contributed by atoms with Gasteiger partial charge in [-0.25, -0.2) is 0 Å². The second-order valence-corrected chi connectivity index (χ2v) is 4.73. The molecule has 0 unspecified atom stereocenters. The van der Waals surface area contributed by atoms with E-state index in [1.807, 2.05) is 30.3 Å². The fourth-order valence-corrected chi connectivity index (χ4v) is 1.35. The standard InChI is InChI=1S/C13H20ClNO/c1-13(2,11-14)15-9-6-10-16-12-7-4-3-5-8-12/h3-5,7-8,15H,6,9-11H2,1-2H3. The molecule has 16 heavy (non-hydrogen) atoms. The van der Waals surface area contributed by atoms with Gasteiger partial charge in [0.2, 0.25) is 0 Å². The van der Waals surface area contributed by atoms with E-state index in [4.69, 9.17) is 16.3 Å². The first-order chi connectivity index (χ1) is 7.64. The SMILES string of the molecule is CC(C)(CCl)NCCCOc1ccccc1. The first-order valence-corrected chi connectivity index (χ1v) is 6.16. The van der Waals surface area contributed by atoms with E-state index in [0.717, 1.165) is 25.3 Å². The number of benzene rings is 1. The normalized spacial score (nSPS) is 11.4. The van der Waals surface area contributed by atoms with E-state index in [-0.39, 0.29) is 5.54 Å². The molecule has 0 amide bonds. The summed E-state index contributed by atoms with van der Waals surface area (Å²) in [6.07, 6.45) is 0.981. The number of alkyl halides is 1. The van der Waals surface area contributed by atoms with Gasteiger partial charge in [0.25, 0.3) is 0 Å². The number of para-hydroxylation sites is 1. The smallest absolute Gasteiger partial charge is 0.119 e. The first-order valence-electron chi connectivity index (χ1n) is 5.63. The van der Waals surface area contributed by atoms with Gasteiger partial charge < -0.3 is 10.1 Å². The molecule has 0 aliphatic rings. The molecule has 1 N–H and O–H groups in total. The van der Waals surface area contributed by atoms with Crippen molar-refractivity contribution >= 4 is 11.6 Å². The van der Waals surface area contributed by atoms with Gasteiger partial charge in [0.15, 0.2) is 0 Å². The Morgan fingerprint density at radius 2 is 1.94 bits per heavy atom. The quantitative estimate of drug-likeness (QED) is 0.585. The molecule has 0 fully saturated rings. The summed E-state index contributed by atoms with van der Waals surface area (Å²) in [5, 5.41) is 3.38. The molecule has 1 aromatic carbocycles. The van der Waals surface area contributed by atoms with E-state index in [9.17, 15) is 0 Å². The first kappa shape index (κ1) is 13.3. The maximum absolute atomic E-state index is 5.81. The summed E-state index contributed by atoms with van der Waals surface area (Å²) in [7, 11) is 0. The highest BCUT2D eigenvalue weighted by Gasteiger charge is 2.13. The maximum atomic E-state index is 5.81. The van der Waals surface area contributed by atoms with Gasteiger partial charge >= 0.3 is 0 Å². The highest BCUT2D eigenvalue weighted by Crippen LogP contribution is 2.08. The van der Waals surface area contributed by atoms with Crippen molar-refractivity contribution in [2.75, 3.05) is 19.0 Å². The topological polar surface area (TPSA) is 21.3 Å². The zero-order valence-corrected chi connectivity index (χ0v) is 10.8. The summed E-state index contributed by atoms with van der Waals surface area (Å²) in [6, 6.07) is 9.87. The molecular formula is C13H20ClNO. The average Bonchev–Trinajstić information content (AvgIpc) is 2.30. The average molecular weight is 242 g/mol. The predicted molar refractivity (Wildman–Crippen MR) is 69.4 cm³/mol. The number of rotatable bonds is 7. The number of nitrogens with one attached hydrogen (secondary N) is 1. The van der Waals surface area contributed by atoms with Crippen LogP contribution < -0.4 is 10.1 Å². The number of hydrogen-bond acceptors (Lipinski definition) is 2. The molecule has 0 radical (unpaired) electrons. The van der Waals surface area contributed by atoms with Gasteiger partial charge in [-0.05, 0) is 38.9 Å². The summed E-state index contributed by atoms with van der Waals surface area (Å²) < 4.78 is 5.58. The number of hydrogen-bond donors (Lipinski definition) is 1. The lowest BCUT2D eigenvalue weighted by Crippen LogP contribution is -2.41. The summed E-state index contributed by atoms with van der Waals surface area (Å²) in [6.45, 7) is 5.85. The Labute approximate surface area is 103 Å². The van der Waals surface area contributed by atoms with Crippen molar-refractivity contribution in [3.63, 3.8) is 0 Å². The monoisotopic (exact) mass is 241 g/mol. The van der Waals surface area contributed by atoms with Gasteiger partial charge in [-0.2, -0.15) is 0 Å². The molecule has 0 saturated carbocycles. The number of halogens is 1. The molecular weight excluding hydrogens is 222 g/mol. The minimum atomic E-state index is 0.00824. The molecule has 0 saturated heterocycles. The Bertz CT molecular complexity index is 287. The van der Waals surface area contributed by atoms with Gasteiger partial charge in [-0.15, -0.1) is 11.6 Å². The summed E-state index contributed by atoms with van der Waals surface area (Å²) in [4.78, 5) is 0. The van der Waals surface area contributed by atoms with Gasteiger partial charge in [-0.3, -0.25) is 0 Å². The Kier molecular flexibility index (Phi) is 5.64. The van der Waals surface area contributed by atoms with E-state index < -0.39 is 0 Å². The summed E-state index contributed by atoms with van der Waals surface area (Å²) in [5.74, 6) is 1.55. The van der Waals surface area contributed by atoms with Crippen LogP contribution in [0.5, 0.6) is 5.75 Å².